The van der Waals surface area contributed by atoms with Crippen LogP contribution in [0.4, 0.5) is 5.69 Å². The zero-order chi connectivity index (χ0) is 14.5. The van der Waals surface area contributed by atoms with Gasteiger partial charge in [0.2, 0.25) is 0 Å². The van der Waals surface area contributed by atoms with E-state index >= 15 is 0 Å². The molecule has 0 aliphatic heterocycles. The van der Waals surface area contributed by atoms with Crippen LogP contribution in [0.25, 0.3) is 0 Å². The van der Waals surface area contributed by atoms with E-state index in [4.69, 9.17) is 20.8 Å². The molecule has 0 spiro atoms. The Kier molecular flexibility index (Phi) is 3.87. The molecular weight excluding hydrogens is 256 g/mol. The van der Waals surface area contributed by atoms with E-state index in [0.717, 1.165) is 5.56 Å². The number of carboxylic acids is 1. The average Bonchev–Trinajstić information content (AvgIpc) is 2.43. The minimum Gasteiger partial charge on any atom is -0.478 e. The lowest BCUT2D eigenvalue weighted by Crippen LogP contribution is -1.99. The van der Waals surface area contributed by atoms with E-state index < -0.39 is 5.97 Å². The van der Waals surface area contributed by atoms with Crippen molar-refractivity contribution in [2.45, 2.75) is 6.42 Å². The van der Waals surface area contributed by atoms with Crippen molar-refractivity contribution in [2.24, 2.45) is 0 Å². The number of nitrogens with zero attached hydrogens (tertiary/aromatic N) is 1. The van der Waals surface area contributed by atoms with Crippen molar-refractivity contribution in [3.05, 3.63) is 53.6 Å². The van der Waals surface area contributed by atoms with Crippen molar-refractivity contribution >= 4 is 11.7 Å². The van der Waals surface area contributed by atoms with Gasteiger partial charge in [0.05, 0.1) is 23.7 Å². The number of ether oxygens (including phenoxy) is 1. The Balaban J connectivity index is 2.23. The first-order valence-electron chi connectivity index (χ1n) is 5.86. The summed E-state index contributed by atoms with van der Waals surface area (Å²) in [5.74, 6) is -0.224. The normalized spacial score (nSPS) is 9.75. The van der Waals surface area contributed by atoms with Crippen molar-refractivity contribution < 1.29 is 14.6 Å². The molecule has 2 aromatic carbocycles. The SMILES string of the molecule is N#CCc1ccc(Oc2cc(C(=O)O)ccc2N)cc1. The number of benzene rings is 2. The minimum atomic E-state index is -1.04. The number of nitrogens with two attached hydrogens (primary N) is 1. The number of aromatic carboxylic acids is 1. The summed E-state index contributed by atoms with van der Waals surface area (Å²) in [6, 6.07) is 13.3. The quantitative estimate of drug-likeness (QED) is 0.831. The van der Waals surface area contributed by atoms with E-state index in [2.05, 4.69) is 6.07 Å². The fourth-order valence-electron chi connectivity index (χ4n) is 1.65. The van der Waals surface area contributed by atoms with Gasteiger partial charge in [0.25, 0.3) is 0 Å². The molecule has 0 amide bonds. The molecular formula is C15H12N2O3. The number of carboxylic acid groups (broad SMARTS) is 1. The monoisotopic (exact) mass is 268 g/mol. The fourth-order valence-corrected chi connectivity index (χ4v) is 1.65. The average molecular weight is 268 g/mol. The number of anilines is 1. The zero-order valence-corrected chi connectivity index (χ0v) is 10.5. The van der Waals surface area contributed by atoms with Crippen molar-refractivity contribution in [1.82, 2.24) is 0 Å². The summed E-state index contributed by atoms with van der Waals surface area (Å²) >= 11 is 0. The van der Waals surface area contributed by atoms with Crippen LogP contribution in [-0.2, 0) is 6.42 Å². The van der Waals surface area contributed by atoms with Crippen LogP contribution >= 0.6 is 0 Å². The van der Waals surface area contributed by atoms with Gasteiger partial charge in [0.15, 0.2) is 5.75 Å². The van der Waals surface area contributed by atoms with Crippen LogP contribution in [0.2, 0.25) is 0 Å². The lowest BCUT2D eigenvalue weighted by atomic mass is 10.1. The number of nitrogen functional groups attached to an aromatic ring is 1. The number of rotatable bonds is 4. The van der Waals surface area contributed by atoms with Gasteiger partial charge in [-0.05, 0) is 35.9 Å². The van der Waals surface area contributed by atoms with Gasteiger partial charge in [0.1, 0.15) is 5.75 Å². The van der Waals surface area contributed by atoms with Crippen molar-refractivity contribution in [1.29, 1.82) is 5.26 Å². The maximum atomic E-state index is 10.9. The molecule has 3 N–H and O–H groups in total. The van der Waals surface area contributed by atoms with Gasteiger partial charge in [-0.1, -0.05) is 12.1 Å². The van der Waals surface area contributed by atoms with Gasteiger partial charge in [-0.2, -0.15) is 5.26 Å². The molecule has 5 heteroatoms. The van der Waals surface area contributed by atoms with Crippen molar-refractivity contribution in [3.8, 4) is 17.6 Å². The second-order valence-electron chi connectivity index (χ2n) is 4.14. The second-order valence-corrected chi connectivity index (χ2v) is 4.14. The molecule has 0 heterocycles. The molecule has 0 saturated heterocycles. The second kappa shape index (κ2) is 5.76. The number of nitriles is 1. The van der Waals surface area contributed by atoms with Crippen LogP contribution in [0.5, 0.6) is 11.5 Å². The van der Waals surface area contributed by atoms with E-state index in [1.54, 1.807) is 24.3 Å². The highest BCUT2D eigenvalue weighted by Gasteiger charge is 2.08. The van der Waals surface area contributed by atoms with Crippen LogP contribution in [-0.4, -0.2) is 11.1 Å². The highest BCUT2D eigenvalue weighted by atomic mass is 16.5. The van der Waals surface area contributed by atoms with Gasteiger partial charge in [0, 0.05) is 0 Å². The third-order valence-electron chi connectivity index (χ3n) is 2.69. The molecule has 5 nitrogen and oxygen atoms in total. The van der Waals surface area contributed by atoms with Crippen molar-refractivity contribution in [2.75, 3.05) is 5.73 Å². The molecule has 0 fully saturated rings. The van der Waals surface area contributed by atoms with Gasteiger partial charge >= 0.3 is 5.97 Å². The van der Waals surface area contributed by atoms with Crippen LogP contribution in [0.3, 0.4) is 0 Å². The summed E-state index contributed by atoms with van der Waals surface area (Å²) < 4.78 is 5.56. The zero-order valence-electron chi connectivity index (χ0n) is 10.5. The van der Waals surface area contributed by atoms with E-state index in [1.165, 1.54) is 18.2 Å². The van der Waals surface area contributed by atoms with Crippen LogP contribution in [0.1, 0.15) is 15.9 Å². The summed E-state index contributed by atoms with van der Waals surface area (Å²) in [5, 5.41) is 17.5. The topological polar surface area (TPSA) is 96.3 Å². The Bertz CT molecular complexity index is 673. The Morgan fingerprint density at radius 1 is 1.25 bits per heavy atom. The molecule has 0 bridgehead atoms. The molecule has 100 valence electrons. The fraction of sp³-hybridized carbons (Fsp3) is 0.0667. The number of hydrogen-bond donors (Lipinski definition) is 2. The Hall–Kier alpha value is -3.00. The van der Waals surface area contributed by atoms with Gasteiger partial charge in [-0.25, -0.2) is 4.79 Å². The Morgan fingerprint density at radius 2 is 1.95 bits per heavy atom. The smallest absolute Gasteiger partial charge is 0.335 e. The molecule has 0 aliphatic rings. The maximum Gasteiger partial charge on any atom is 0.335 e. The van der Waals surface area contributed by atoms with Crippen LogP contribution in [0.15, 0.2) is 42.5 Å². The molecule has 0 radical (unpaired) electrons. The molecule has 0 aromatic heterocycles. The maximum absolute atomic E-state index is 10.9. The first-order valence-corrected chi connectivity index (χ1v) is 5.86. The molecule has 2 rings (SSSR count). The molecule has 20 heavy (non-hydrogen) atoms. The number of hydrogen-bond acceptors (Lipinski definition) is 4. The molecule has 0 unspecified atom stereocenters. The molecule has 0 saturated carbocycles. The molecule has 2 aromatic rings. The van der Waals surface area contributed by atoms with Gasteiger partial charge in [-0.15, -0.1) is 0 Å². The first-order chi connectivity index (χ1) is 9.60. The first kappa shape index (κ1) is 13.4. The third kappa shape index (κ3) is 3.06. The minimum absolute atomic E-state index is 0.107. The van der Waals surface area contributed by atoms with E-state index in [9.17, 15) is 4.79 Å². The van der Waals surface area contributed by atoms with Gasteiger partial charge < -0.3 is 15.6 Å². The largest absolute Gasteiger partial charge is 0.478 e. The van der Waals surface area contributed by atoms with Gasteiger partial charge in [-0.3, -0.25) is 0 Å². The van der Waals surface area contributed by atoms with Crippen molar-refractivity contribution in [3.63, 3.8) is 0 Å². The summed E-state index contributed by atoms with van der Waals surface area (Å²) in [6.07, 6.45) is 0.330. The summed E-state index contributed by atoms with van der Waals surface area (Å²) in [7, 11) is 0. The highest BCUT2D eigenvalue weighted by molar-refractivity contribution is 5.89. The van der Waals surface area contributed by atoms with E-state index in [1.807, 2.05) is 0 Å². The lowest BCUT2D eigenvalue weighted by Gasteiger charge is -2.09. The lowest BCUT2D eigenvalue weighted by molar-refractivity contribution is 0.0696. The molecule has 0 atom stereocenters. The Morgan fingerprint density at radius 3 is 2.55 bits per heavy atom. The highest BCUT2D eigenvalue weighted by Crippen LogP contribution is 2.28. The summed E-state index contributed by atoms with van der Waals surface area (Å²) in [4.78, 5) is 10.9. The Labute approximate surface area is 115 Å². The van der Waals surface area contributed by atoms with Crippen LogP contribution < -0.4 is 10.5 Å². The molecule has 0 aliphatic carbocycles. The van der Waals surface area contributed by atoms with Crippen LogP contribution in [0, 0.1) is 11.3 Å². The predicted octanol–water partition coefficient (Wildman–Crippen LogP) is 2.83. The summed E-state index contributed by atoms with van der Waals surface area (Å²) in [6.45, 7) is 0. The summed E-state index contributed by atoms with van der Waals surface area (Å²) in [5.41, 5.74) is 7.10. The van der Waals surface area contributed by atoms with E-state index in [0.29, 0.717) is 17.9 Å². The van der Waals surface area contributed by atoms with E-state index in [-0.39, 0.29) is 11.3 Å². The number of carbonyl (C=O) groups is 1. The standard InChI is InChI=1S/C15H12N2O3/c16-8-7-10-1-4-12(5-2-10)20-14-9-11(15(18)19)3-6-13(14)17/h1-6,9H,7,17H2,(H,18,19). The third-order valence-corrected chi connectivity index (χ3v) is 2.69. The predicted molar refractivity (Wildman–Crippen MR) is 73.6 cm³/mol.